The number of hydrogen-bond donors (Lipinski definition) is 0. The van der Waals surface area contributed by atoms with Crippen molar-refractivity contribution in [3.63, 3.8) is 0 Å². The third-order valence-electron chi connectivity index (χ3n) is 2.99. The molecule has 4 nitrogen and oxygen atoms in total. The second-order valence-corrected chi connectivity index (χ2v) is 4.40. The van der Waals surface area contributed by atoms with Crippen molar-refractivity contribution in [2.24, 2.45) is 0 Å². The van der Waals surface area contributed by atoms with Gasteiger partial charge in [0.2, 0.25) is 0 Å². The Morgan fingerprint density at radius 1 is 0.950 bits per heavy atom. The Hall–Kier alpha value is -2.62. The van der Waals surface area contributed by atoms with E-state index in [1.165, 1.54) is 0 Å². The van der Waals surface area contributed by atoms with Crippen LogP contribution in [0.2, 0.25) is 0 Å². The molecule has 0 saturated carbocycles. The zero-order valence-corrected chi connectivity index (χ0v) is 11.2. The Morgan fingerprint density at radius 2 is 1.65 bits per heavy atom. The van der Waals surface area contributed by atoms with Gasteiger partial charge in [-0.05, 0) is 43.3 Å². The average molecular weight is 265 g/mol. The maximum absolute atomic E-state index is 5.75. The smallest absolute Gasteiger partial charge is 0.127 e. The zero-order valence-electron chi connectivity index (χ0n) is 11.2. The Morgan fingerprint density at radius 3 is 2.30 bits per heavy atom. The first-order valence-electron chi connectivity index (χ1n) is 6.58. The van der Waals surface area contributed by atoms with Crippen LogP contribution in [0.25, 0.3) is 11.3 Å². The maximum Gasteiger partial charge on any atom is 0.127 e. The highest BCUT2D eigenvalue weighted by atomic mass is 16.5. The minimum absolute atomic E-state index is 0.808. The molecule has 2 aromatic carbocycles. The van der Waals surface area contributed by atoms with E-state index >= 15 is 0 Å². The van der Waals surface area contributed by atoms with Crippen molar-refractivity contribution in [2.75, 3.05) is 0 Å². The molecule has 0 fully saturated rings. The fourth-order valence-electron chi connectivity index (χ4n) is 1.90. The minimum atomic E-state index is 0.808. The van der Waals surface area contributed by atoms with Crippen LogP contribution in [0.3, 0.4) is 0 Å². The van der Waals surface area contributed by atoms with Gasteiger partial charge in [-0.3, -0.25) is 4.68 Å². The molecule has 0 aliphatic rings. The molecule has 0 amide bonds. The highest BCUT2D eigenvalue weighted by Crippen LogP contribution is 2.24. The standard InChI is InChI=1S/C16H15N3O/c1-2-19-12-16(17-18-19)13-8-10-15(11-9-13)20-14-6-4-3-5-7-14/h3-12H,2H2,1H3. The summed E-state index contributed by atoms with van der Waals surface area (Å²) in [5.41, 5.74) is 1.91. The predicted molar refractivity (Wildman–Crippen MR) is 77.6 cm³/mol. The topological polar surface area (TPSA) is 39.9 Å². The summed E-state index contributed by atoms with van der Waals surface area (Å²) in [7, 11) is 0. The summed E-state index contributed by atoms with van der Waals surface area (Å²) in [6, 6.07) is 17.6. The molecule has 4 heteroatoms. The molecule has 0 spiro atoms. The van der Waals surface area contributed by atoms with E-state index in [1.807, 2.05) is 72.4 Å². The Labute approximate surface area is 117 Å². The molecular weight excluding hydrogens is 250 g/mol. The lowest BCUT2D eigenvalue weighted by Crippen LogP contribution is -1.93. The molecule has 0 aliphatic heterocycles. The van der Waals surface area contributed by atoms with Crippen LogP contribution in [0.1, 0.15) is 6.92 Å². The van der Waals surface area contributed by atoms with Crippen molar-refractivity contribution in [1.82, 2.24) is 15.0 Å². The number of ether oxygens (including phenoxy) is 1. The highest BCUT2D eigenvalue weighted by molar-refractivity contribution is 5.58. The van der Waals surface area contributed by atoms with Gasteiger partial charge in [0.25, 0.3) is 0 Å². The molecule has 1 heterocycles. The Kier molecular flexibility index (Phi) is 3.46. The minimum Gasteiger partial charge on any atom is -0.457 e. The highest BCUT2D eigenvalue weighted by Gasteiger charge is 2.03. The Bertz CT molecular complexity index is 674. The summed E-state index contributed by atoms with van der Waals surface area (Å²) >= 11 is 0. The molecule has 0 aliphatic carbocycles. The average Bonchev–Trinajstić information content (AvgIpc) is 2.98. The molecule has 20 heavy (non-hydrogen) atoms. The first-order chi connectivity index (χ1) is 9.85. The van der Waals surface area contributed by atoms with E-state index in [1.54, 1.807) is 0 Å². The van der Waals surface area contributed by atoms with E-state index in [0.717, 1.165) is 29.3 Å². The monoisotopic (exact) mass is 265 g/mol. The molecule has 0 atom stereocenters. The van der Waals surface area contributed by atoms with Gasteiger partial charge in [0.15, 0.2) is 0 Å². The third kappa shape index (κ3) is 2.69. The zero-order chi connectivity index (χ0) is 13.8. The molecule has 0 radical (unpaired) electrons. The summed E-state index contributed by atoms with van der Waals surface area (Å²) in [5, 5.41) is 8.18. The van der Waals surface area contributed by atoms with Gasteiger partial charge < -0.3 is 4.74 Å². The van der Waals surface area contributed by atoms with Gasteiger partial charge in [-0.2, -0.15) is 0 Å². The van der Waals surface area contributed by atoms with Crippen LogP contribution >= 0.6 is 0 Å². The molecule has 3 aromatic rings. The van der Waals surface area contributed by atoms with Gasteiger partial charge in [0, 0.05) is 12.1 Å². The van der Waals surface area contributed by atoms with Crippen LogP contribution < -0.4 is 4.74 Å². The van der Waals surface area contributed by atoms with Crippen molar-refractivity contribution in [3.8, 4) is 22.8 Å². The lowest BCUT2D eigenvalue weighted by molar-refractivity contribution is 0.483. The van der Waals surface area contributed by atoms with Gasteiger partial charge in [0.05, 0.1) is 6.20 Å². The molecule has 0 N–H and O–H groups in total. The molecule has 0 unspecified atom stereocenters. The van der Waals surface area contributed by atoms with Crippen molar-refractivity contribution in [3.05, 3.63) is 60.8 Å². The SMILES string of the molecule is CCn1cc(-c2ccc(Oc3ccccc3)cc2)nn1. The number of nitrogens with zero attached hydrogens (tertiary/aromatic N) is 3. The largest absolute Gasteiger partial charge is 0.457 e. The number of aryl methyl sites for hydroxylation is 1. The summed E-state index contributed by atoms with van der Waals surface area (Å²) in [4.78, 5) is 0. The normalized spacial score (nSPS) is 10.4. The number of benzene rings is 2. The van der Waals surface area contributed by atoms with Crippen molar-refractivity contribution >= 4 is 0 Å². The number of para-hydroxylation sites is 1. The van der Waals surface area contributed by atoms with E-state index in [4.69, 9.17) is 4.74 Å². The van der Waals surface area contributed by atoms with Crippen LogP contribution in [-0.2, 0) is 6.54 Å². The van der Waals surface area contributed by atoms with Crippen molar-refractivity contribution in [1.29, 1.82) is 0 Å². The van der Waals surface area contributed by atoms with Crippen LogP contribution in [0.15, 0.2) is 60.8 Å². The fraction of sp³-hybridized carbons (Fsp3) is 0.125. The van der Waals surface area contributed by atoms with E-state index in [0.29, 0.717) is 0 Å². The van der Waals surface area contributed by atoms with E-state index < -0.39 is 0 Å². The summed E-state index contributed by atoms with van der Waals surface area (Å²) < 4.78 is 7.56. The molecule has 1 aromatic heterocycles. The van der Waals surface area contributed by atoms with Gasteiger partial charge in [0.1, 0.15) is 17.2 Å². The van der Waals surface area contributed by atoms with Crippen LogP contribution in [0.4, 0.5) is 0 Å². The quantitative estimate of drug-likeness (QED) is 0.721. The van der Waals surface area contributed by atoms with Crippen LogP contribution in [0.5, 0.6) is 11.5 Å². The van der Waals surface area contributed by atoms with Gasteiger partial charge in [-0.15, -0.1) is 5.10 Å². The summed E-state index contributed by atoms with van der Waals surface area (Å²) in [6.45, 7) is 2.86. The number of aromatic nitrogens is 3. The molecule has 0 saturated heterocycles. The number of rotatable bonds is 4. The maximum atomic E-state index is 5.75. The number of hydrogen-bond acceptors (Lipinski definition) is 3. The predicted octanol–water partition coefficient (Wildman–Crippen LogP) is 3.76. The van der Waals surface area contributed by atoms with E-state index in [-0.39, 0.29) is 0 Å². The van der Waals surface area contributed by atoms with Crippen molar-refractivity contribution < 1.29 is 4.74 Å². The fourth-order valence-corrected chi connectivity index (χ4v) is 1.90. The van der Waals surface area contributed by atoms with Crippen molar-refractivity contribution in [2.45, 2.75) is 13.5 Å². The van der Waals surface area contributed by atoms with Gasteiger partial charge >= 0.3 is 0 Å². The molecular formula is C16H15N3O. The lowest BCUT2D eigenvalue weighted by Gasteiger charge is -2.05. The Balaban J connectivity index is 1.77. The molecule has 100 valence electrons. The lowest BCUT2D eigenvalue weighted by atomic mass is 10.1. The van der Waals surface area contributed by atoms with Crippen LogP contribution in [0, 0.1) is 0 Å². The summed E-state index contributed by atoms with van der Waals surface area (Å²) in [5.74, 6) is 1.64. The molecule has 0 bridgehead atoms. The van der Waals surface area contributed by atoms with Gasteiger partial charge in [-0.25, -0.2) is 0 Å². The van der Waals surface area contributed by atoms with E-state index in [2.05, 4.69) is 10.3 Å². The van der Waals surface area contributed by atoms with Gasteiger partial charge in [-0.1, -0.05) is 23.4 Å². The second kappa shape index (κ2) is 5.57. The first kappa shape index (κ1) is 12.4. The second-order valence-electron chi connectivity index (χ2n) is 4.40. The first-order valence-corrected chi connectivity index (χ1v) is 6.58. The van der Waals surface area contributed by atoms with Crippen LogP contribution in [-0.4, -0.2) is 15.0 Å². The molecule has 3 rings (SSSR count). The third-order valence-corrected chi connectivity index (χ3v) is 2.99. The summed E-state index contributed by atoms with van der Waals surface area (Å²) in [6.07, 6.45) is 1.94. The van der Waals surface area contributed by atoms with E-state index in [9.17, 15) is 0 Å².